The summed E-state index contributed by atoms with van der Waals surface area (Å²) in [5.41, 5.74) is 0. The van der Waals surface area contributed by atoms with Crippen molar-refractivity contribution in [3.8, 4) is 0 Å². The molecule has 0 aliphatic carbocycles. The summed E-state index contributed by atoms with van der Waals surface area (Å²) in [4.78, 5) is 11.3. The molecule has 0 saturated heterocycles. The van der Waals surface area contributed by atoms with Crippen LogP contribution >= 0.6 is 15.9 Å². The smallest absolute Gasteiger partial charge is 0.244 e. The lowest BCUT2D eigenvalue weighted by Crippen LogP contribution is -2.22. The average Bonchev–Trinajstić information content (AvgIpc) is 2.68. The van der Waals surface area contributed by atoms with Crippen LogP contribution in [0.4, 0.5) is 0 Å². The van der Waals surface area contributed by atoms with Crippen LogP contribution < -0.4 is 5.32 Å². The molecule has 1 rings (SSSR count). The third kappa shape index (κ3) is 5.14. The maximum atomic E-state index is 11.3. The van der Waals surface area contributed by atoms with E-state index < -0.39 is 0 Å². The Morgan fingerprint density at radius 3 is 3.06 bits per heavy atom. The standard InChI is InChI=1S/C11H14BrNO3/c1-15-8-2-7-13-11(14)6-4-9-3-5-10(12)16-9/h3-6H,2,7-8H2,1H3,(H,13,14)/b6-4+. The van der Waals surface area contributed by atoms with Gasteiger partial charge < -0.3 is 14.5 Å². The average molecular weight is 288 g/mol. The first-order chi connectivity index (χ1) is 7.72. The van der Waals surface area contributed by atoms with Crippen LogP contribution in [0.15, 0.2) is 27.3 Å². The van der Waals surface area contributed by atoms with Crippen molar-refractivity contribution in [2.24, 2.45) is 0 Å². The maximum absolute atomic E-state index is 11.3. The van der Waals surface area contributed by atoms with E-state index in [0.29, 0.717) is 23.6 Å². The lowest BCUT2D eigenvalue weighted by atomic mass is 10.3. The van der Waals surface area contributed by atoms with Crippen LogP contribution in [0.3, 0.4) is 0 Å². The molecule has 0 radical (unpaired) electrons. The van der Waals surface area contributed by atoms with Crippen molar-refractivity contribution in [1.82, 2.24) is 5.32 Å². The lowest BCUT2D eigenvalue weighted by Gasteiger charge is -2.00. The molecular weight excluding hydrogens is 274 g/mol. The van der Waals surface area contributed by atoms with Gasteiger partial charge in [-0.2, -0.15) is 0 Å². The zero-order chi connectivity index (χ0) is 11.8. The number of rotatable bonds is 6. The number of furan rings is 1. The SMILES string of the molecule is COCCCNC(=O)/C=C/c1ccc(Br)o1. The first-order valence-corrected chi connectivity index (χ1v) is 5.72. The zero-order valence-corrected chi connectivity index (χ0v) is 10.6. The Morgan fingerprint density at radius 1 is 1.62 bits per heavy atom. The Bertz CT molecular complexity index is 360. The first kappa shape index (κ1) is 13.0. The van der Waals surface area contributed by atoms with E-state index in [2.05, 4.69) is 21.2 Å². The summed E-state index contributed by atoms with van der Waals surface area (Å²) in [5.74, 6) is 0.502. The van der Waals surface area contributed by atoms with Crippen molar-refractivity contribution in [3.05, 3.63) is 28.6 Å². The quantitative estimate of drug-likeness (QED) is 0.645. The molecule has 0 unspecified atom stereocenters. The van der Waals surface area contributed by atoms with Crippen LogP contribution in [0.1, 0.15) is 12.2 Å². The second-order valence-electron chi connectivity index (χ2n) is 3.11. The monoisotopic (exact) mass is 287 g/mol. The number of nitrogens with one attached hydrogen (secondary N) is 1. The molecule has 1 amide bonds. The highest BCUT2D eigenvalue weighted by Gasteiger charge is 1.97. The Morgan fingerprint density at radius 2 is 2.44 bits per heavy atom. The van der Waals surface area contributed by atoms with Crippen molar-refractivity contribution in [3.63, 3.8) is 0 Å². The van der Waals surface area contributed by atoms with Gasteiger partial charge in [-0.1, -0.05) is 0 Å². The number of methoxy groups -OCH3 is 1. The van der Waals surface area contributed by atoms with Gasteiger partial charge in [0.25, 0.3) is 0 Å². The number of amides is 1. The zero-order valence-electron chi connectivity index (χ0n) is 9.03. The minimum absolute atomic E-state index is 0.136. The summed E-state index contributed by atoms with van der Waals surface area (Å²) < 4.78 is 10.7. The summed E-state index contributed by atoms with van der Waals surface area (Å²) in [7, 11) is 1.64. The van der Waals surface area contributed by atoms with Gasteiger partial charge in [0, 0.05) is 26.3 Å². The molecule has 1 N–H and O–H groups in total. The molecule has 0 spiro atoms. The molecule has 4 nitrogen and oxygen atoms in total. The molecule has 0 fully saturated rings. The van der Waals surface area contributed by atoms with Crippen molar-refractivity contribution in [2.45, 2.75) is 6.42 Å². The molecule has 16 heavy (non-hydrogen) atoms. The summed E-state index contributed by atoms with van der Waals surface area (Å²) in [6, 6.07) is 3.55. The largest absolute Gasteiger partial charge is 0.450 e. The summed E-state index contributed by atoms with van der Waals surface area (Å²) in [5, 5.41) is 2.74. The van der Waals surface area contributed by atoms with Crippen LogP contribution in [0.25, 0.3) is 6.08 Å². The van der Waals surface area contributed by atoms with E-state index in [1.54, 1.807) is 25.3 Å². The molecule has 0 saturated carbocycles. The Labute approximate surface area is 103 Å². The molecule has 0 aliphatic heterocycles. The van der Waals surface area contributed by atoms with Crippen LogP contribution in [0.5, 0.6) is 0 Å². The number of halogens is 1. The molecule has 0 aliphatic rings. The minimum atomic E-state index is -0.136. The minimum Gasteiger partial charge on any atom is -0.450 e. The van der Waals surface area contributed by atoms with Gasteiger partial charge in [0.2, 0.25) is 5.91 Å². The predicted octanol–water partition coefficient (Wildman–Crippen LogP) is 2.21. The van der Waals surface area contributed by atoms with E-state index in [4.69, 9.17) is 9.15 Å². The summed E-state index contributed by atoms with van der Waals surface area (Å²) in [6.07, 6.45) is 3.87. The predicted molar refractivity (Wildman–Crippen MR) is 64.9 cm³/mol. The van der Waals surface area contributed by atoms with Crippen LogP contribution in [0, 0.1) is 0 Å². The highest BCUT2D eigenvalue weighted by molar-refractivity contribution is 9.10. The van der Waals surface area contributed by atoms with Gasteiger partial charge in [0.05, 0.1) is 0 Å². The van der Waals surface area contributed by atoms with Crippen molar-refractivity contribution < 1.29 is 13.9 Å². The molecule has 5 heteroatoms. The van der Waals surface area contributed by atoms with Gasteiger partial charge in [0.15, 0.2) is 4.67 Å². The molecule has 1 aromatic rings. The molecule has 0 aromatic carbocycles. The van der Waals surface area contributed by atoms with Crippen LogP contribution in [-0.4, -0.2) is 26.2 Å². The number of carbonyl (C=O) groups is 1. The fourth-order valence-corrected chi connectivity index (χ4v) is 1.38. The van der Waals surface area contributed by atoms with E-state index in [9.17, 15) is 4.79 Å². The molecule has 1 aromatic heterocycles. The number of hydrogen-bond acceptors (Lipinski definition) is 3. The van der Waals surface area contributed by atoms with Crippen LogP contribution in [-0.2, 0) is 9.53 Å². The lowest BCUT2D eigenvalue weighted by molar-refractivity contribution is -0.116. The third-order valence-electron chi connectivity index (χ3n) is 1.82. The topological polar surface area (TPSA) is 51.5 Å². The van der Waals surface area contributed by atoms with E-state index in [-0.39, 0.29) is 5.91 Å². The third-order valence-corrected chi connectivity index (χ3v) is 2.24. The Balaban J connectivity index is 2.26. The molecule has 0 bridgehead atoms. The van der Waals surface area contributed by atoms with Crippen molar-refractivity contribution >= 4 is 27.9 Å². The molecule has 88 valence electrons. The van der Waals surface area contributed by atoms with E-state index >= 15 is 0 Å². The normalized spacial score (nSPS) is 10.9. The fraction of sp³-hybridized carbons (Fsp3) is 0.364. The van der Waals surface area contributed by atoms with Gasteiger partial charge in [-0.15, -0.1) is 0 Å². The van der Waals surface area contributed by atoms with E-state index in [1.165, 1.54) is 6.08 Å². The fourth-order valence-electron chi connectivity index (χ4n) is 1.06. The van der Waals surface area contributed by atoms with Gasteiger partial charge in [-0.05, 0) is 40.6 Å². The Kier molecular flexibility index (Phi) is 5.88. The van der Waals surface area contributed by atoms with Gasteiger partial charge >= 0.3 is 0 Å². The Hall–Kier alpha value is -1.07. The van der Waals surface area contributed by atoms with Gasteiger partial charge in [-0.25, -0.2) is 0 Å². The highest BCUT2D eigenvalue weighted by Crippen LogP contribution is 2.14. The van der Waals surface area contributed by atoms with E-state index in [1.807, 2.05) is 0 Å². The molecule has 0 atom stereocenters. The van der Waals surface area contributed by atoms with Gasteiger partial charge in [-0.3, -0.25) is 4.79 Å². The van der Waals surface area contributed by atoms with Crippen LogP contribution in [0.2, 0.25) is 0 Å². The number of carbonyl (C=O) groups excluding carboxylic acids is 1. The number of hydrogen-bond donors (Lipinski definition) is 1. The summed E-state index contributed by atoms with van der Waals surface area (Å²) in [6.45, 7) is 1.26. The number of ether oxygens (including phenoxy) is 1. The first-order valence-electron chi connectivity index (χ1n) is 4.92. The summed E-state index contributed by atoms with van der Waals surface area (Å²) >= 11 is 3.18. The van der Waals surface area contributed by atoms with E-state index in [0.717, 1.165) is 6.42 Å². The van der Waals surface area contributed by atoms with Gasteiger partial charge in [0.1, 0.15) is 5.76 Å². The highest BCUT2D eigenvalue weighted by atomic mass is 79.9. The van der Waals surface area contributed by atoms with Crippen molar-refractivity contribution in [1.29, 1.82) is 0 Å². The maximum Gasteiger partial charge on any atom is 0.244 e. The second kappa shape index (κ2) is 7.24. The molecular formula is C11H14BrNO3. The van der Waals surface area contributed by atoms with Crippen molar-refractivity contribution in [2.75, 3.05) is 20.3 Å². The second-order valence-corrected chi connectivity index (χ2v) is 3.89. The molecule has 1 heterocycles.